The molecule has 1 aliphatic rings. The van der Waals surface area contributed by atoms with Crippen LogP contribution in [0.5, 0.6) is 0 Å². The molecule has 1 saturated heterocycles. The van der Waals surface area contributed by atoms with Crippen molar-refractivity contribution in [3.63, 3.8) is 0 Å². The molecule has 1 fully saturated rings. The Morgan fingerprint density at radius 1 is 1.35 bits per heavy atom. The van der Waals surface area contributed by atoms with Crippen LogP contribution in [0.25, 0.3) is 0 Å². The fourth-order valence-electron chi connectivity index (χ4n) is 2.20. The third-order valence-corrected chi connectivity index (χ3v) is 3.43. The molecule has 1 aliphatic heterocycles. The van der Waals surface area contributed by atoms with Crippen LogP contribution < -0.4 is 10.6 Å². The first kappa shape index (κ1) is 16.9. The molecule has 0 aliphatic carbocycles. The number of carbonyl (C=O) groups excluding carboxylic acids is 2. The Hall–Kier alpha value is -1.14. The predicted molar refractivity (Wildman–Crippen MR) is 79.4 cm³/mol. The van der Waals surface area contributed by atoms with Gasteiger partial charge >= 0.3 is 0 Å². The Labute approximate surface area is 121 Å². The third kappa shape index (κ3) is 5.88. The zero-order valence-electron chi connectivity index (χ0n) is 12.9. The maximum Gasteiger partial charge on any atom is 0.225 e. The largest absolute Gasteiger partial charge is 0.355 e. The van der Waals surface area contributed by atoms with Gasteiger partial charge in [0.05, 0.1) is 5.92 Å². The summed E-state index contributed by atoms with van der Waals surface area (Å²) >= 11 is 0. The van der Waals surface area contributed by atoms with Gasteiger partial charge in [0.15, 0.2) is 0 Å². The van der Waals surface area contributed by atoms with Crippen molar-refractivity contribution >= 4 is 11.8 Å². The molecule has 2 amide bonds. The fraction of sp³-hybridized carbons (Fsp3) is 0.857. The molecule has 116 valence electrons. The van der Waals surface area contributed by atoms with Crippen LogP contribution >= 0.6 is 0 Å². The van der Waals surface area contributed by atoms with Crippen molar-refractivity contribution in [2.45, 2.75) is 19.8 Å². The maximum absolute atomic E-state index is 12.0. The lowest BCUT2D eigenvalue weighted by Gasteiger charge is -2.19. The number of carbonyl (C=O) groups is 2. The fourth-order valence-corrected chi connectivity index (χ4v) is 2.20. The molecular formula is C14H28N4O2. The highest BCUT2D eigenvalue weighted by atomic mass is 16.2. The van der Waals surface area contributed by atoms with E-state index in [1.807, 2.05) is 19.0 Å². The second kappa shape index (κ2) is 8.92. The molecule has 20 heavy (non-hydrogen) atoms. The first-order chi connectivity index (χ1) is 9.54. The van der Waals surface area contributed by atoms with Crippen LogP contribution in [-0.2, 0) is 9.59 Å². The van der Waals surface area contributed by atoms with Crippen LogP contribution in [0.3, 0.4) is 0 Å². The minimum Gasteiger partial charge on any atom is -0.355 e. The van der Waals surface area contributed by atoms with E-state index in [1.54, 1.807) is 4.90 Å². The number of likely N-dealkylation sites (N-methyl/N-ethyl adjacent to an activating group) is 1. The number of nitrogens with one attached hydrogen (secondary N) is 2. The molecule has 1 atom stereocenters. The number of hydrogen-bond donors (Lipinski definition) is 2. The molecule has 0 aromatic carbocycles. The van der Waals surface area contributed by atoms with E-state index in [1.165, 1.54) is 0 Å². The van der Waals surface area contributed by atoms with Gasteiger partial charge in [0.25, 0.3) is 0 Å². The highest BCUT2D eigenvalue weighted by Gasteiger charge is 2.33. The van der Waals surface area contributed by atoms with E-state index in [0.29, 0.717) is 26.1 Å². The van der Waals surface area contributed by atoms with Crippen molar-refractivity contribution < 1.29 is 9.59 Å². The van der Waals surface area contributed by atoms with Crippen LogP contribution in [-0.4, -0.2) is 75.0 Å². The molecule has 1 unspecified atom stereocenters. The summed E-state index contributed by atoms with van der Waals surface area (Å²) in [7, 11) is 3.96. The van der Waals surface area contributed by atoms with Crippen molar-refractivity contribution in [3.05, 3.63) is 0 Å². The van der Waals surface area contributed by atoms with Gasteiger partial charge in [-0.3, -0.25) is 9.59 Å². The second-order valence-electron chi connectivity index (χ2n) is 5.59. The average molecular weight is 284 g/mol. The summed E-state index contributed by atoms with van der Waals surface area (Å²) < 4.78 is 0. The van der Waals surface area contributed by atoms with E-state index < -0.39 is 0 Å². The molecule has 0 bridgehead atoms. The van der Waals surface area contributed by atoms with Crippen molar-refractivity contribution in [2.24, 2.45) is 5.92 Å². The van der Waals surface area contributed by atoms with E-state index in [-0.39, 0.29) is 17.7 Å². The summed E-state index contributed by atoms with van der Waals surface area (Å²) in [5.74, 6) is -0.0871. The molecule has 2 N–H and O–H groups in total. The predicted octanol–water partition coefficient (Wildman–Crippen LogP) is -0.488. The maximum atomic E-state index is 12.0. The zero-order valence-corrected chi connectivity index (χ0v) is 12.9. The van der Waals surface area contributed by atoms with Gasteiger partial charge in [0.2, 0.25) is 11.8 Å². The molecule has 6 heteroatoms. The monoisotopic (exact) mass is 284 g/mol. The van der Waals surface area contributed by atoms with E-state index in [2.05, 4.69) is 17.6 Å². The molecule has 6 nitrogen and oxygen atoms in total. The van der Waals surface area contributed by atoms with Gasteiger partial charge in [-0.2, -0.15) is 0 Å². The van der Waals surface area contributed by atoms with Crippen LogP contribution in [0.15, 0.2) is 0 Å². The summed E-state index contributed by atoms with van der Waals surface area (Å²) in [6, 6.07) is 0. The Morgan fingerprint density at radius 2 is 2.10 bits per heavy atom. The summed E-state index contributed by atoms with van der Waals surface area (Å²) in [6.07, 6.45) is 1.44. The van der Waals surface area contributed by atoms with Gasteiger partial charge in [0, 0.05) is 39.1 Å². The van der Waals surface area contributed by atoms with Crippen molar-refractivity contribution in [1.29, 1.82) is 0 Å². The molecule has 1 heterocycles. The van der Waals surface area contributed by atoms with Gasteiger partial charge in [-0.15, -0.1) is 0 Å². The van der Waals surface area contributed by atoms with Gasteiger partial charge in [-0.1, -0.05) is 6.92 Å². The average Bonchev–Trinajstić information content (AvgIpc) is 2.77. The van der Waals surface area contributed by atoms with Crippen LogP contribution in [0, 0.1) is 5.92 Å². The highest BCUT2D eigenvalue weighted by Crippen LogP contribution is 2.17. The Bertz CT molecular complexity index is 320. The first-order valence-corrected chi connectivity index (χ1v) is 7.45. The second-order valence-corrected chi connectivity index (χ2v) is 5.59. The molecule has 0 aromatic heterocycles. The standard InChI is InChI=1S/C14H28N4O2/c1-4-5-15-6-7-16-14(20)12-10-13(19)18(11-12)9-8-17(2)3/h12,15H,4-11H2,1-3H3,(H,16,20). The van der Waals surface area contributed by atoms with Gasteiger partial charge in [-0.25, -0.2) is 0 Å². The van der Waals surface area contributed by atoms with E-state index >= 15 is 0 Å². The van der Waals surface area contributed by atoms with E-state index in [4.69, 9.17) is 0 Å². The lowest BCUT2D eigenvalue weighted by molar-refractivity contribution is -0.129. The van der Waals surface area contributed by atoms with Crippen molar-refractivity contribution in [2.75, 3.05) is 53.4 Å². The number of likely N-dealkylation sites (tertiary alicyclic amines) is 1. The zero-order chi connectivity index (χ0) is 15.0. The molecular weight excluding hydrogens is 256 g/mol. The minimum atomic E-state index is -0.184. The molecule has 0 radical (unpaired) electrons. The molecule has 0 saturated carbocycles. The summed E-state index contributed by atoms with van der Waals surface area (Å²) in [6.45, 7) is 6.58. The quantitative estimate of drug-likeness (QED) is 0.561. The smallest absolute Gasteiger partial charge is 0.225 e. The Kier molecular flexibility index (Phi) is 7.54. The number of nitrogens with zero attached hydrogens (tertiary/aromatic N) is 2. The normalized spacial score (nSPS) is 18.9. The lowest BCUT2D eigenvalue weighted by Crippen LogP contribution is -2.38. The third-order valence-electron chi connectivity index (χ3n) is 3.43. The van der Waals surface area contributed by atoms with Gasteiger partial charge < -0.3 is 20.4 Å². The van der Waals surface area contributed by atoms with E-state index in [0.717, 1.165) is 26.1 Å². The Balaban J connectivity index is 2.23. The highest BCUT2D eigenvalue weighted by molar-refractivity contribution is 5.89. The molecule has 0 aromatic rings. The van der Waals surface area contributed by atoms with Gasteiger partial charge in [-0.05, 0) is 27.1 Å². The summed E-state index contributed by atoms with van der Waals surface area (Å²) in [5.41, 5.74) is 0. The SMILES string of the molecule is CCCNCCNC(=O)C1CC(=O)N(CCN(C)C)C1. The lowest BCUT2D eigenvalue weighted by atomic mass is 10.1. The molecule has 1 rings (SSSR count). The van der Waals surface area contributed by atoms with Crippen molar-refractivity contribution in [3.8, 4) is 0 Å². The summed E-state index contributed by atoms with van der Waals surface area (Å²) in [5, 5.41) is 6.13. The topological polar surface area (TPSA) is 64.7 Å². The van der Waals surface area contributed by atoms with Crippen LogP contribution in [0.2, 0.25) is 0 Å². The first-order valence-electron chi connectivity index (χ1n) is 7.45. The number of hydrogen-bond acceptors (Lipinski definition) is 4. The van der Waals surface area contributed by atoms with Crippen LogP contribution in [0.1, 0.15) is 19.8 Å². The van der Waals surface area contributed by atoms with E-state index in [9.17, 15) is 9.59 Å². The van der Waals surface area contributed by atoms with Crippen molar-refractivity contribution in [1.82, 2.24) is 20.4 Å². The minimum absolute atomic E-state index is 0.00371. The molecule has 0 spiro atoms. The Morgan fingerprint density at radius 3 is 2.75 bits per heavy atom. The number of rotatable bonds is 9. The van der Waals surface area contributed by atoms with Gasteiger partial charge in [0.1, 0.15) is 0 Å². The number of amides is 2. The summed E-state index contributed by atoms with van der Waals surface area (Å²) in [4.78, 5) is 27.6. The van der Waals surface area contributed by atoms with Crippen LogP contribution in [0.4, 0.5) is 0 Å².